The van der Waals surface area contributed by atoms with E-state index in [9.17, 15) is 14.4 Å². The lowest BCUT2D eigenvalue weighted by atomic mass is 9.96. The Balaban J connectivity index is 1.30. The lowest BCUT2D eigenvalue weighted by molar-refractivity contribution is -0.159. The second kappa shape index (κ2) is 12.2. The number of aromatic nitrogens is 1. The number of allylic oxidation sites excluding steroid dienone is 1. The molecule has 10 nitrogen and oxygen atoms in total. The van der Waals surface area contributed by atoms with Crippen LogP contribution >= 0.6 is 0 Å². The average molecular weight is 525 g/mol. The number of carbonyl (C=O) groups is 3. The summed E-state index contributed by atoms with van der Waals surface area (Å²) in [5.74, 6) is -0.129. The van der Waals surface area contributed by atoms with E-state index in [0.717, 1.165) is 29.5 Å². The van der Waals surface area contributed by atoms with Crippen molar-refractivity contribution in [1.82, 2.24) is 19.3 Å². The SMILES string of the molecule is COc1ccc2c(CCN(C)C)cn(C(=O)OCOC(=O)C3CCN(C(=O)C4=CN(C)C=CC4)CC3)c2c1. The first kappa shape index (κ1) is 27.3. The van der Waals surface area contributed by atoms with Crippen molar-refractivity contribution in [3.8, 4) is 5.75 Å². The van der Waals surface area contributed by atoms with Gasteiger partial charge in [-0.2, -0.15) is 0 Å². The van der Waals surface area contributed by atoms with E-state index in [-0.39, 0.29) is 11.8 Å². The van der Waals surface area contributed by atoms with Gasteiger partial charge in [-0.3, -0.25) is 14.2 Å². The van der Waals surface area contributed by atoms with Crippen molar-refractivity contribution in [3.05, 3.63) is 54.0 Å². The van der Waals surface area contributed by atoms with Crippen molar-refractivity contribution in [2.75, 3.05) is 54.7 Å². The van der Waals surface area contributed by atoms with Gasteiger partial charge < -0.3 is 28.9 Å². The minimum absolute atomic E-state index is 0.00229. The zero-order chi connectivity index (χ0) is 27.2. The van der Waals surface area contributed by atoms with Crippen molar-refractivity contribution < 1.29 is 28.6 Å². The molecule has 0 saturated carbocycles. The number of benzene rings is 1. The number of likely N-dealkylation sites (tertiary alicyclic amines) is 1. The van der Waals surface area contributed by atoms with Crippen LogP contribution in [0.3, 0.4) is 0 Å². The van der Waals surface area contributed by atoms with Crippen molar-refractivity contribution in [2.24, 2.45) is 5.92 Å². The van der Waals surface area contributed by atoms with Gasteiger partial charge in [0.15, 0.2) is 0 Å². The van der Waals surface area contributed by atoms with Crippen LogP contribution in [0.4, 0.5) is 4.79 Å². The Morgan fingerprint density at radius 2 is 1.87 bits per heavy atom. The van der Waals surface area contributed by atoms with Crippen LogP contribution in [0.1, 0.15) is 24.8 Å². The summed E-state index contributed by atoms with van der Waals surface area (Å²) in [6, 6.07) is 5.58. The average Bonchev–Trinajstić information content (AvgIpc) is 3.29. The number of amides is 1. The predicted molar refractivity (Wildman–Crippen MR) is 142 cm³/mol. The molecule has 1 aromatic carbocycles. The number of hydrogen-bond donors (Lipinski definition) is 0. The first-order chi connectivity index (χ1) is 18.3. The molecule has 0 atom stereocenters. The van der Waals surface area contributed by atoms with Crippen LogP contribution < -0.4 is 4.74 Å². The smallest absolute Gasteiger partial charge is 0.421 e. The number of rotatable bonds is 8. The number of fused-ring (bicyclic) bond motifs is 1. The van der Waals surface area contributed by atoms with E-state index in [1.54, 1.807) is 24.3 Å². The third-order valence-electron chi connectivity index (χ3n) is 6.93. The summed E-state index contributed by atoms with van der Waals surface area (Å²) in [4.78, 5) is 44.0. The first-order valence-electron chi connectivity index (χ1n) is 12.8. The van der Waals surface area contributed by atoms with Crippen LogP contribution in [0, 0.1) is 5.92 Å². The number of hydrogen-bond acceptors (Lipinski definition) is 8. The Bertz CT molecular complexity index is 1240. The van der Waals surface area contributed by atoms with Crippen LogP contribution in [-0.4, -0.2) is 91.9 Å². The highest BCUT2D eigenvalue weighted by molar-refractivity contribution is 5.94. The molecule has 0 spiro atoms. The highest BCUT2D eigenvalue weighted by Gasteiger charge is 2.30. The van der Waals surface area contributed by atoms with E-state index in [1.807, 2.05) is 56.7 Å². The van der Waals surface area contributed by atoms with Gasteiger partial charge in [-0.25, -0.2) is 4.79 Å². The molecule has 38 heavy (non-hydrogen) atoms. The van der Waals surface area contributed by atoms with E-state index in [2.05, 4.69) is 4.90 Å². The largest absolute Gasteiger partial charge is 0.497 e. The standard InChI is InChI=1S/C28H36N4O6/c1-29(2)13-9-21-18-32(25-16-23(36-4)7-8-24(21)25)28(35)38-19-37-27(34)20-10-14-31(15-11-20)26(33)22-6-5-12-30(3)17-22/h5,7-8,12,16-18,20H,6,9-11,13-15,19H2,1-4H3. The Hall–Kier alpha value is -3.79. The zero-order valence-electron chi connectivity index (χ0n) is 22.5. The summed E-state index contributed by atoms with van der Waals surface area (Å²) in [5, 5.41) is 0.939. The summed E-state index contributed by atoms with van der Waals surface area (Å²) in [5.41, 5.74) is 2.42. The minimum Gasteiger partial charge on any atom is -0.497 e. The van der Waals surface area contributed by atoms with Crippen molar-refractivity contribution in [3.63, 3.8) is 0 Å². The van der Waals surface area contributed by atoms with Gasteiger partial charge in [-0.1, -0.05) is 6.08 Å². The maximum atomic E-state index is 12.9. The third-order valence-corrected chi connectivity index (χ3v) is 6.93. The highest BCUT2D eigenvalue weighted by atomic mass is 16.7. The van der Waals surface area contributed by atoms with E-state index in [4.69, 9.17) is 14.2 Å². The van der Waals surface area contributed by atoms with Crippen molar-refractivity contribution in [2.45, 2.75) is 25.7 Å². The number of methoxy groups -OCH3 is 1. The molecule has 204 valence electrons. The van der Waals surface area contributed by atoms with Gasteiger partial charge in [0.05, 0.1) is 18.5 Å². The van der Waals surface area contributed by atoms with Gasteiger partial charge in [0.25, 0.3) is 5.91 Å². The molecule has 10 heteroatoms. The van der Waals surface area contributed by atoms with Gasteiger partial charge in [0, 0.05) is 56.1 Å². The Kier molecular flexibility index (Phi) is 8.73. The molecule has 2 aliphatic heterocycles. The Morgan fingerprint density at radius 3 is 2.55 bits per heavy atom. The number of esters is 1. The Morgan fingerprint density at radius 1 is 1.11 bits per heavy atom. The number of carbonyl (C=O) groups excluding carboxylic acids is 3. The van der Waals surface area contributed by atoms with Gasteiger partial charge in [-0.15, -0.1) is 0 Å². The predicted octanol–water partition coefficient (Wildman–Crippen LogP) is 3.21. The maximum Gasteiger partial charge on any atom is 0.421 e. The highest BCUT2D eigenvalue weighted by Crippen LogP contribution is 2.27. The fourth-order valence-corrected chi connectivity index (χ4v) is 4.78. The van der Waals surface area contributed by atoms with Gasteiger partial charge in [0.2, 0.25) is 6.79 Å². The molecular weight excluding hydrogens is 488 g/mol. The van der Waals surface area contributed by atoms with E-state index in [1.165, 1.54) is 4.57 Å². The number of nitrogens with zero attached hydrogens (tertiary/aromatic N) is 4. The summed E-state index contributed by atoms with van der Waals surface area (Å²) in [6.07, 6.45) is 9.23. The van der Waals surface area contributed by atoms with E-state index in [0.29, 0.717) is 43.6 Å². The van der Waals surface area contributed by atoms with Gasteiger partial charge in [-0.05, 0) is 63.7 Å². The second-order valence-corrected chi connectivity index (χ2v) is 9.93. The number of likely N-dealkylation sites (N-methyl/N-ethyl adjacent to an activating group) is 1. The summed E-state index contributed by atoms with van der Waals surface area (Å²) in [6.45, 7) is 1.32. The van der Waals surface area contributed by atoms with Crippen LogP contribution in [0.15, 0.2) is 48.4 Å². The van der Waals surface area contributed by atoms with Crippen molar-refractivity contribution in [1.29, 1.82) is 0 Å². The topological polar surface area (TPSA) is 93.5 Å². The zero-order valence-corrected chi connectivity index (χ0v) is 22.5. The molecule has 0 aliphatic carbocycles. The molecule has 1 aromatic heterocycles. The monoisotopic (exact) mass is 524 g/mol. The van der Waals surface area contributed by atoms with Crippen molar-refractivity contribution >= 4 is 28.9 Å². The third kappa shape index (κ3) is 6.36. The van der Waals surface area contributed by atoms with Crippen LogP contribution in [0.2, 0.25) is 0 Å². The number of piperidine rings is 1. The molecule has 4 rings (SSSR count). The first-order valence-corrected chi connectivity index (χ1v) is 12.8. The normalized spacial score (nSPS) is 16.1. The molecule has 0 bridgehead atoms. The van der Waals surface area contributed by atoms with E-state index < -0.39 is 18.9 Å². The van der Waals surface area contributed by atoms with Gasteiger partial charge in [0.1, 0.15) is 5.75 Å². The molecule has 1 saturated heterocycles. The van der Waals surface area contributed by atoms with E-state index >= 15 is 0 Å². The summed E-state index contributed by atoms with van der Waals surface area (Å²) < 4.78 is 17.3. The Labute approximate surface area is 223 Å². The lowest BCUT2D eigenvalue weighted by Gasteiger charge is -2.32. The number of ether oxygens (including phenoxy) is 3. The molecule has 0 N–H and O–H groups in total. The minimum atomic E-state index is -0.632. The molecule has 3 heterocycles. The maximum absolute atomic E-state index is 12.9. The quantitative estimate of drug-likeness (QED) is 0.384. The molecule has 0 unspecified atom stereocenters. The lowest BCUT2D eigenvalue weighted by Crippen LogP contribution is -2.41. The second-order valence-electron chi connectivity index (χ2n) is 9.93. The summed E-state index contributed by atoms with van der Waals surface area (Å²) >= 11 is 0. The fourth-order valence-electron chi connectivity index (χ4n) is 4.78. The molecule has 1 fully saturated rings. The molecular formula is C28H36N4O6. The van der Waals surface area contributed by atoms with Crippen LogP contribution in [0.25, 0.3) is 10.9 Å². The molecule has 2 aromatic rings. The molecule has 1 amide bonds. The van der Waals surface area contributed by atoms with Gasteiger partial charge >= 0.3 is 12.1 Å². The van der Waals surface area contributed by atoms with Crippen LogP contribution in [-0.2, 0) is 25.5 Å². The summed E-state index contributed by atoms with van der Waals surface area (Å²) in [7, 11) is 7.45. The molecule has 0 radical (unpaired) electrons. The van der Waals surface area contributed by atoms with Crippen LogP contribution in [0.5, 0.6) is 5.75 Å². The fraction of sp³-hybridized carbons (Fsp3) is 0.464. The molecule has 2 aliphatic rings.